The Morgan fingerprint density at radius 2 is 1.96 bits per heavy atom. The molecule has 1 atom stereocenters. The fraction of sp³-hybridized carbons (Fsp3) is 0.200. The van der Waals surface area contributed by atoms with Crippen LogP contribution >= 0.6 is 11.8 Å². The van der Waals surface area contributed by atoms with Gasteiger partial charge in [-0.1, -0.05) is 49.0 Å². The molecular formula is C20H17FN2S. The van der Waals surface area contributed by atoms with E-state index in [4.69, 9.17) is 4.99 Å². The summed E-state index contributed by atoms with van der Waals surface area (Å²) in [6.45, 7) is 4.14. The van der Waals surface area contributed by atoms with Crippen LogP contribution in [0, 0.1) is 5.82 Å². The van der Waals surface area contributed by atoms with Crippen molar-refractivity contribution in [3.05, 3.63) is 71.7 Å². The van der Waals surface area contributed by atoms with Crippen LogP contribution in [0.5, 0.6) is 0 Å². The van der Waals surface area contributed by atoms with Crippen molar-refractivity contribution in [3.63, 3.8) is 0 Å². The first-order valence-corrected chi connectivity index (χ1v) is 8.84. The van der Waals surface area contributed by atoms with Crippen molar-refractivity contribution in [1.82, 2.24) is 4.98 Å². The average molecular weight is 336 g/mol. The lowest BCUT2D eigenvalue weighted by Crippen LogP contribution is -2.25. The maximum absolute atomic E-state index is 14.4. The van der Waals surface area contributed by atoms with Crippen LogP contribution in [0.1, 0.15) is 31.4 Å². The van der Waals surface area contributed by atoms with E-state index >= 15 is 0 Å². The summed E-state index contributed by atoms with van der Waals surface area (Å²) in [5, 5.41) is 1.06. The van der Waals surface area contributed by atoms with Gasteiger partial charge in [0.1, 0.15) is 10.7 Å². The topological polar surface area (TPSA) is 25.2 Å². The summed E-state index contributed by atoms with van der Waals surface area (Å²) in [6, 6.07) is 15.3. The molecule has 2 heterocycles. The van der Waals surface area contributed by atoms with Crippen LogP contribution in [-0.4, -0.2) is 15.6 Å². The first-order chi connectivity index (χ1) is 11.6. The molecule has 2 nitrogen and oxygen atoms in total. The summed E-state index contributed by atoms with van der Waals surface area (Å²) in [5.74, 6) is -0.182. The van der Waals surface area contributed by atoms with Crippen molar-refractivity contribution in [1.29, 1.82) is 0 Å². The molecule has 2 aromatic carbocycles. The zero-order valence-electron chi connectivity index (χ0n) is 13.6. The van der Waals surface area contributed by atoms with Crippen LogP contribution in [0.2, 0.25) is 0 Å². The van der Waals surface area contributed by atoms with Crippen LogP contribution in [-0.2, 0) is 0 Å². The lowest BCUT2D eigenvalue weighted by atomic mass is 10.0. The fourth-order valence-corrected chi connectivity index (χ4v) is 4.07. The van der Waals surface area contributed by atoms with E-state index in [2.05, 4.69) is 24.9 Å². The highest BCUT2D eigenvalue weighted by Crippen LogP contribution is 2.44. The van der Waals surface area contributed by atoms with E-state index < -0.39 is 0 Å². The molecule has 0 saturated carbocycles. The third-order valence-electron chi connectivity index (χ3n) is 4.41. The van der Waals surface area contributed by atoms with E-state index in [9.17, 15) is 4.39 Å². The molecule has 3 aromatic rings. The number of hydrogen-bond acceptors (Lipinski definition) is 3. The van der Waals surface area contributed by atoms with E-state index in [1.165, 1.54) is 17.8 Å². The molecule has 0 bridgehead atoms. The van der Waals surface area contributed by atoms with Gasteiger partial charge in [-0.25, -0.2) is 4.39 Å². The second-order valence-corrected chi connectivity index (χ2v) is 7.62. The molecule has 1 aliphatic heterocycles. The number of halogens is 1. The van der Waals surface area contributed by atoms with Gasteiger partial charge in [0.2, 0.25) is 0 Å². The van der Waals surface area contributed by atoms with Crippen molar-refractivity contribution in [2.45, 2.75) is 30.0 Å². The maximum Gasteiger partial charge on any atom is 0.137 e. The quantitative estimate of drug-likeness (QED) is 0.622. The molecule has 4 rings (SSSR count). The molecule has 0 radical (unpaired) electrons. The number of aliphatic imine (C=N–C) groups is 1. The van der Waals surface area contributed by atoms with Gasteiger partial charge in [-0.3, -0.25) is 9.98 Å². The van der Waals surface area contributed by atoms with Gasteiger partial charge in [0.25, 0.3) is 0 Å². The molecule has 0 saturated heterocycles. The van der Waals surface area contributed by atoms with Crippen molar-refractivity contribution in [2.24, 2.45) is 4.99 Å². The molecule has 24 heavy (non-hydrogen) atoms. The Kier molecular flexibility index (Phi) is 3.65. The SMILES string of the molecule is CCC1(C)N=C(c2cnc3ccccc3c2)c2cccc(F)c2S1. The number of aromatic nitrogens is 1. The number of benzene rings is 2. The summed E-state index contributed by atoms with van der Waals surface area (Å²) in [5.41, 5.74) is 3.55. The normalized spacial score (nSPS) is 19.9. The van der Waals surface area contributed by atoms with Gasteiger partial charge in [0.15, 0.2) is 0 Å². The summed E-state index contributed by atoms with van der Waals surface area (Å²) in [4.78, 5) is 9.82. The Bertz CT molecular complexity index is 967. The van der Waals surface area contributed by atoms with E-state index in [-0.39, 0.29) is 10.7 Å². The molecule has 0 fully saturated rings. The minimum absolute atomic E-state index is 0.182. The molecule has 0 amide bonds. The number of pyridine rings is 1. The molecular weight excluding hydrogens is 319 g/mol. The van der Waals surface area contributed by atoms with Crippen molar-refractivity contribution in [3.8, 4) is 0 Å². The zero-order valence-corrected chi connectivity index (χ0v) is 14.4. The van der Waals surface area contributed by atoms with Gasteiger partial charge in [0, 0.05) is 22.7 Å². The molecule has 1 aliphatic rings. The van der Waals surface area contributed by atoms with Crippen LogP contribution in [0.3, 0.4) is 0 Å². The second kappa shape index (κ2) is 5.71. The van der Waals surface area contributed by atoms with E-state index in [0.717, 1.165) is 34.2 Å². The van der Waals surface area contributed by atoms with Gasteiger partial charge in [-0.2, -0.15) is 0 Å². The summed E-state index contributed by atoms with van der Waals surface area (Å²) in [6.07, 6.45) is 2.66. The lowest BCUT2D eigenvalue weighted by molar-refractivity contribution is 0.591. The zero-order chi connectivity index (χ0) is 16.7. The van der Waals surface area contributed by atoms with Gasteiger partial charge in [0.05, 0.1) is 16.1 Å². The van der Waals surface area contributed by atoms with Crippen LogP contribution in [0.15, 0.2) is 64.6 Å². The van der Waals surface area contributed by atoms with Crippen LogP contribution < -0.4 is 0 Å². The standard InChI is InChI=1S/C20H17FN2S/c1-3-20(2)23-18(15-8-6-9-16(21)19(15)24-20)14-11-13-7-4-5-10-17(13)22-12-14/h4-12H,3H2,1-2H3. The van der Waals surface area contributed by atoms with Gasteiger partial charge in [-0.05, 0) is 31.5 Å². The molecule has 1 unspecified atom stereocenters. The number of nitrogens with zero attached hydrogens (tertiary/aromatic N) is 2. The highest BCUT2D eigenvalue weighted by atomic mass is 32.2. The van der Waals surface area contributed by atoms with Gasteiger partial charge >= 0.3 is 0 Å². The highest BCUT2D eigenvalue weighted by molar-refractivity contribution is 8.00. The number of thioether (sulfide) groups is 1. The van der Waals surface area contributed by atoms with E-state index in [1.807, 2.05) is 36.5 Å². The highest BCUT2D eigenvalue weighted by Gasteiger charge is 2.32. The predicted octanol–water partition coefficient (Wildman–Crippen LogP) is 5.44. The monoisotopic (exact) mass is 336 g/mol. The summed E-state index contributed by atoms with van der Waals surface area (Å²) >= 11 is 1.51. The number of fused-ring (bicyclic) bond motifs is 2. The number of rotatable bonds is 2. The third-order valence-corrected chi connectivity index (χ3v) is 5.85. The summed E-state index contributed by atoms with van der Waals surface area (Å²) in [7, 11) is 0. The van der Waals surface area contributed by atoms with Crippen molar-refractivity contribution >= 4 is 28.4 Å². The lowest BCUT2D eigenvalue weighted by Gasteiger charge is -2.31. The van der Waals surface area contributed by atoms with Gasteiger partial charge in [-0.15, -0.1) is 0 Å². The molecule has 0 aliphatic carbocycles. The Labute approximate surface area is 144 Å². The minimum atomic E-state index is -0.365. The molecule has 0 spiro atoms. The maximum atomic E-state index is 14.4. The first kappa shape index (κ1) is 15.3. The molecule has 4 heteroatoms. The summed E-state index contributed by atoms with van der Waals surface area (Å²) < 4.78 is 14.4. The van der Waals surface area contributed by atoms with E-state index in [0.29, 0.717) is 4.90 Å². The minimum Gasteiger partial charge on any atom is -0.266 e. The number of hydrogen-bond donors (Lipinski definition) is 0. The Morgan fingerprint density at radius 1 is 1.12 bits per heavy atom. The Balaban J connectivity index is 1.95. The van der Waals surface area contributed by atoms with Crippen LogP contribution in [0.25, 0.3) is 10.9 Å². The fourth-order valence-electron chi connectivity index (χ4n) is 2.91. The largest absolute Gasteiger partial charge is 0.266 e. The van der Waals surface area contributed by atoms with Crippen molar-refractivity contribution < 1.29 is 4.39 Å². The predicted molar refractivity (Wildman–Crippen MR) is 98.3 cm³/mol. The molecule has 120 valence electrons. The van der Waals surface area contributed by atoms with Crippen LogP contribution in [0.4, 0.5) is 4.39 Å². The first-order valence-electron chi connectivity index (χ1n) is 8.02. The Morgan fingerprint density at radius 3 is 2.79 bits per heavy atom. The van der Waals surface area contributed by atoms with Crippen molar-refractivity contribution in [2.75, 3.05) is 0 Å². The number of para-hydroxylation sites is 1. The molecule has 1 aromatic heterocycles. The average Bonchev–Trinajstić information content (AvgIpc) is 2.62. The third kappa shape index (κ3) is 2.51. The smallest absolute Gasteiger partial charge is 0.137 e. The molecule has 0 N–H and O–H groups in total. The van der Waals surface area contributed by atoms with Gasteiger partial charge < -0.3 is 0 Å². The second-order valence-electron chi connectivity index (χ2n) is 6.12. The Hall–Kier alpha value is -2.20. The van der Waals surface area contributed by atoms with E-state index in [1.54, 1.807) is 6.07 Å².